The highest BCUT2D eigenvalue weighted by Gasteiger charge is 2.14. The van der Waals surface area contributed by atoms with Gasteiger partial charge in [0.05, 0.1) is 0 Å². The van der Waals surface area contributed by atoms with Crippen LogP contribution >= 0.6 is 0 Å². The van der Waals surface area contributed by atoms with Crippen LogP contribution in [0.4, 0.5) is 4.79 Å². The number of ether oxygens (including phenoxy) is 2. The molecular weight excluding hydrogens is 230 g/mol. The maximum Gasteiger partial charge on any atom is 0.407 e. The fraction of sp³-hybridized carbons (Fsp3) is 0.500. The van der Waals surface area contributed by atoms with Gasteiger partial charge in [0, 0.05) is 19.8 Å². The van der Waals surface area contributed by atoms with Crippen LogP contribution in [0.3, 0.4) is 0 Å². The zero-order valence-corrected chi connectivity index (χ0v) is 10.4. The number of nitrogens with one attached hydrogen (secondary N) is 1. The molecule has 1 amide bonds. The maximum absolute atomic E-state index is 11.5. The molecule has 1 saturated heterocycles. The Labute approximate surface area is 107 Å². The average Bonchev–Trinajstić information content (AvgIpc) is 2.45. The first kappa shape index (κ1) is 12.9. The number of hydrogen-bond donors (Lipinski definition) is 1. The van der Waals surface area contributed by atoms with Crippen molar-refractivity contribution in [3.8, 4) is 0 Å². The normalized spacial score (nSPS) is 16.2. The zero-order valence-electron chi connectivity index (χ0n) is 10.4. The van der Waals surface area contributed by atoms with Crippen LogP contribution < -0.4 is 5.32 Å². The third-order valence-electron chi connectivity index (χ3n) is 3.09. The highest BCUT2D eigenvalue weighted by Crippen LogP contribution is 2.13. The molecule has 1 N–H and O–H groups in total. The molecule has 0 radical (unpaired) electrons. The number of carbonyl (C=O) groups is 1. The molecule has 1 aromatic rings. The van der Waals surface area contributed by atoms with Crippen molar-refractivity contribution in [1.29, 1.82) is 0 Å². The van der Waals surface area contributed by atoms with E-state index in [1.165, 1.54) is 0 Å². The van der Waals surface area contributed by atoms with Crippen molar-refractivity contribution in [2.24, 2.45) is 5.92 Å². The molecule has 1 aliphatic rings. The van der Waals surface area contributed by atoms with Crippen molar-refractivity contribution in [2.75, 3.05) is 19.8 Å². The molecule has 0 spiro atoms. The van der Waals surface area contributed by atoms with E-state index in [4.69, 9.17) is 9.47 Å². The van der Waals surface area contributed by atoms with E-state index in [1.807, 2.05) is 30.3 Å². The third-order valence-corrected chi connectivity index (χ3v) is 3.09. The van der Waals surface area contributed by atoms with Gasteiger partial charge < -0.3 is 14.8 Å². The van der Waals surface area contributed by atoms with Gasteiger partial charge >= 0.3 is 6.09 Å². The van der Waals surface area contributed by atoms with Crippen LogP contribution in [0, 0.1) is 5.92 Å². The summed E-state index contributed by atoms with van der Waals surface area (Å²) in [6, 6.07) is 9.67. The van der Waals surface area contributed by atoms with E-state index in [-0.39, 0.29) is 6.09 Å². The molecule has 0 atom stereocenters. The van der Waals surface area contributed by atoms with Gasteiger partial charge in [-0.25, -0.2) is 4.79 Å². The standard InChI is InChI=1S/C14H19NO3/c16-14(15-10-12-6-8-17-9-7-12)18-11-13-4-2-1-3-5-13/h1-5,12H,6-11H2,(H,15,16). The second-order valence-electron chi connectivity index (χ2n) is 4.50. The molecule has 1 heterocycles. The Balaban J connectivity index is 1.63. The minimum atomic E-state index is -0.342. The molecule has 0 aliphatic carbocycles. The van der Waals surface area contributed by atoms with E-state index in [2.05, 4.69) is 5.32 Å². The second-order valence-corrected chi connectivity index (χ2v) is 4.50. The van der Waals surface area contributed by atoms with Crippen LogP contribution in [0.15, 0.2) is 30.3 Å². The van der Waals surface area contributed by atoms with E-state index >= 15 is 0 Å². The Morgan fingerprint density at radius 2 is 2.00 bits per heavy atom. The first-order chi connectivity index (χ1) is 8.84. The van der Waals surface area contributed by atoms with Gasteiger partial charge in [-0.3, -0.25) is 0 Å². The molecule has 1 aliphatic heterocycles. The van der Waals surface area contributed by atoms with Gasteiger partial charge in [-0.15, -0.1) is 0 Å². The van der Waals surface area contributed by atoms with Crippen molar-refractivity contribution in [3.05, 3.63) is 35.9 Å². The monoisotopic (exact) mass is 249 g/mol. The lowest BCUT2D eigenvalue weighted by molar-refractivity contribution is 0.0649. The van der Waals surface area contributed by atoms with Crippen LogP contribution in [0.25, 0.3) is 0 Å². The summed E-state index contributed by atoms with van der Waals surface area (Å²) in [5, 5.41) is 2.81. The van der Waals surface area contributed by atoms with Crippen molar-refractivity contribution in [2.45, 2.75) is 19.4 Å². The molecule has 0 unspecified atom stereocenters. The molecule has 0 saturated carbocycles. The molecule has 18 heavy (non-hydrogen) atoms. The Kier molecular flexibility index (Phi) is 5.02. The topological polar surface area (TPSA) is 47.6 Å². The van der Waals surface area contributed by atoms with Crippen LogP contribution in [-0.2, 0) is 16.1 Å². The Hall–Kier alpha value is -1.55. The first-order valence-electron chi connectivity index (χ1n) is 6.37. The average molecular weight is 249 g/mol. The van der Waals surface area contributed by atoms with Crippen LogP contribution in [0.5, 0.6) is 0 Å². The Morgan fingerprint density at radius 3 is 2.72 bits per heavy atom. The largest absolute Gasteiger partial charge is 0.445 e. The van der Waals surface area contributed by atoms with Gasteiger partial charge in [0.15, 0.2) is 0 Å². The van der Waals surface area contributed by atoms with E-state index < -0.39 is 0 Å². The summed E-state index contributed by atoms with van der Waals surface area (Å²) in [6.45, 7) is 2.59. The number of benzene rings is 1. The highest BCUT2D eigenvalue weighted by atomic mass is 16.5. The van der Waals surface area contributed by atoms with Crippen LogP contribution in [0.1, 0.15) is 18.4 Å². The predicted molar refractivity (Wildman–Crippen MR) is 68.2 cm³/mol. The molecule has 2 rings (SSSR count). The minimum absolute atomic E-state index is 0.320. The van der Waals surface area contributed by atoms with Gasteiger partial charge in [0.1, 0.15) is 6.61 Å². The van der Waals surface area contributed by atoms with Crippen molar-refractivity contribution in [1.82, 2.24) is 5.32 Å². The summed E-state index contributed by atoms with van der Waals surface area (Å²) in [7, 11) is 0. The summed E-state index contributed by atoms with van der Waals surface area (Å²) in [5.74, 6) is 0.517. The van der Waals surface area contributed by atoms with Gasteiger partial charge in [-0.1, -0.05) is 30.3 Å². The summed E-state index contributed by atoms with van der Waals surface area (Å²) >= 11 is 0. The molecule has 98 valence electrons. The van der Waals surface area contributed by atoms with E-state index in [9.17, 15) is 4.79 Å². The molecule has 0 aromatic heterocycles. The molecule has 4 heteroatoms. The minimum Gasteiger partial charge on any atom is -0.445 e. The van der Waals surface area contributed by atoms with E-state index in [0.29, 0.717) is 19.1 Å². The van der Waals surface area contributed by atoms with Crippen molar-refractivity contribution >= 4 is 6.09 Å². The number of rotatable bonds is 4. The SMILES string of the molecule is O=C(NCC1CCOCC1)OCc1ccccc1. The number of hydrogen-bond acceptors (Lipinski definition) is 3. The second kappa shape index (κ2) is 7.01. The Bertz CT molecular complexity index is 361. The van der Waals surface area contributed by atoms with E-state index in [1.54, 1.807) is 0 Å². The molecule has 0 bridgehead atoms. The summed E-state index contributed by atoms with van der Waals surface area (Å²) in [5.41, 5.74) is 0.999. The van der Waals surface area contributed by atoms with Crippen LogP contribution in [0.2, 0.25) is 0 Å². The smallest absolute Gasteiger partial charge is 0.407 e. The molecule has 1 fully saturated rings. The Morgan fingerprint density at radius 1 is 1.28 bits per heavy atom. The number of carbonyl (C=O) groups excluding carboxylic acids is 1. The van der Waals surface area contributed by atoms with E-state index in [0.717, 1.165) is 31.6 Å². The molecule has 4 nitrogen and oxygen atoms in total. The van der Waals surface area contributed by atoms with Gasteiger partial charge in [0.2, 0.25) is 0 Å². The summed E-state index contributed by atoms with van der Waals surface area (Å²) < 4.78 is 10.4. The summed E-state index contributed by atoms with van der Waals surface area (Å²) in [4.78, 5) is 11.5. The lowest BCUT2D eigenvalue weighted by Crippen LogP contribution is -2.32. The van der Waals surface area contributed by atoms with Crippen molar-refractivity contribution in [3.63, 3.8) is 0 Å². The van der Waals surface area contributed by atoms with Gasteiger partial charge in [-0.05, 0) is 24.3 Å². The van der Waals surface area contributed by atoms with Gasteiger partial charge in [0.25, 0.3) is 0 Å². The maximum atomic E-state index is 11.5. The number of alkyl carbamates (subject to hydrolysis) is 1. The fourth-order valence-electron chi connectivity index (χ4n) is 1.95. The quantitative estimate of drug-likeness (QED) is 0.891. The lowest BCUT2D eigenvalue weighted by atomic mass is 10.0. The predicted octanol–water partition coefficient (Wildman–Crippen LogP) is 2.34. The molecule has 1 aromatic carbocycles. The molecular formula is C14H19NO3. The zero-order chi connectivity index (χ0) is 12.6. The number of amides is 1. The highest BCUT2D eigenvalue weighted by molar-refractivity contribution is 5.67. The van der Waals surface area contributed by atoms with Crippen LogP contribution in [-0.4, -0.2) is 25.9 Å². The first-order valence-corrected chi connectivity index (χ1v) is 6.37. The van der Waals surface area contributed by atoms with Gasteiger partial charge in [-0.2, -0.15) is 0 Å². The summed E-state index contributed by atoms with van der Waals surface area (Å²) in [6.07, 6.45) is 1.68. The fourth-order valence-corrected chi connectivity index (χ4v) is 1.95. The van der Waals surface area contributed by atoms with Crippen molar-refractivity contribution < 1.29 is 14.3 Å². The lowest BCUT2D eigenvalue weighted by Gasteiger charge is -2.21. The third kappa shape index (κ3) is 4.37.